The minimum atomic E-state index is -0.179. The minimum Gasteiger partial charge on any atom is -0.506 e. The van der Waals surface area contributed by atoms with Gasteiger partial charge in [-0.3, -0.25) is 4.79 Å². The lowest BCUT2D eigenvalue weighted by Crippen LogP contribution is -2.22. The van der Waals surface area contributed by atoms with E-state index in [9.17, 15) is 9.90 Å². The van der Waals surface area contributed by atoms with Crippen molar-refractivity contribution < 1.29 is 5.11 Å². The van der Waals surface area contributed by atoms with Crippen molar-refractivity contribution in [3.63, 3.8) is 0 Å². The molecule has 0 radical (unpaired) electrons. The second-order valence-corrected chi connectivity index (χ2v) is 7.75. The first-order chi connectivity index (χ1) is 11.8. The number of aromatic hydroxyl groups is 1. The first kappa shape index (κ1) is 16.4. The maximum atomic E-state index is 12.8. The number of phenolic OH excluding ortho intramolecular Hbond substituents is 1. The summed E-state index contributed by atoms with van der Waals surface area (Å²) in [5.41, 5.74) is 4.04. The lowest BCUT2D eigenvalue weighted by Gasteiger charge is -2.01. The Balaban J connectivity index is 2.03. The van der Waals surface area contributed by atoms with Crippen molar-refractivity contribution in [3.8, 4) is 5.75 Å². The molecule has 0 aliphatic heterocycles. The van der Waals surface area contributed by atoms with Gasteiger partial charge in [-0.25, -0.2) is 9.38 Å². The topological polar surface area (TPSA) is 54.6 Å². The number of hydrogen-bond acceptors (Lipinski definition) is 4. The molecule has 2 aromatic heterocycles. The van der Waals surface area contributed by atoms with Gasteiger partial charge in [0.2, 0.25) is 0 Å². The van der Waals surface area contributed by atoms with Gasteiger partial charge in [-0.15, -0.1) is 0 Å². The summed E-state index contributed by atoms with van der Waals surface area (Å²) in [6.45, 7) is 4.02. The van der Waals surface area contributed by atoms with Gasteiger partial charge < -0.3 is 5.11 Å². The molecule has 126 valence electrons. The van der Waals surface area contributed by atoms with Crippen LogP contribution in [0.25, 0.3) is 22.1 Å². The molecule has 0 amide bonds. The van der Waals surface area contributed by atoms with E-state index in [4.69, 9.17) is 23.2 Å². The van der Waals surface area contributed by atoms with Gasteiger partial charge in [-0.1, -0.05) is 34.5 Å². The van der Waals surface area contributed by atoms with E-state index >= 15 is 0 Å². The lowest BCUT2D eigenvalue weighted by atomic mass is 10.1. The number of nitrogens with zero attached hydrogens (tertiary/aromatic N) is 2. The van der Waals surface area contributed by atoms with Gasteiger partial charge in [0.15, 0.2) is 4.96 Å². The van der Waals surface area contributed by atoms with Gasteiger partial charge in [0, 0.05) is 10.6 Å². The monoisotopic (exact) mass is 390 g/mol. The fourth-order valence-electron chi connectivity index (χ4n) is 2.76. The number of aryl methyl sites for hydroxylation is 2. The molecule has 0 saturated heterocycles. The fraction of sp³-hybridized carbons (Fsp3) is 0.111. The molecule has 0 fully saturated rings. The van der Waals surface area contributed by atoms with E-state index in [0.717, 1.165) is 22.2 Å². The smallest absolute Gasteiger partial charge is 0.274 e. The standard InChI is InChI=1S/C18H12Cl2N2O2S/c1-8-3-13-14(4-9(8)2)22-17(24)15(25-18(22)21-13)6-10-5-11(19)7-12(20)16(10)23/h3-7,23H,1-2H3/b15-6-. The molecular formula is C18H12Cl2N2O2S. The van der Waals surface area contributed by atoms with Crippen LogP contribution in [0.4, 0.5) is 0 Å². The van der Waals surface area contributed by atoms with Gasteiger partial charge in [0.05, 0.1) is 20.6 Å². The van der Waals surface area contributed by atoms with Crippen LogP contribution in [0.15, 0.2) is 29.1 Å². The van der Waals surface area contributed by atoms with E-state index < -0.39 is 0 Å². The summed E-state index contributed by atoms with van der Waals surface area (Å²) in [5.74, 6) is -0.104. The molecule has 25 heavy (non-hydrogen) atoms. The number of thiazole rings is 1. The second-order valence-electron chi connectivity index (χ2n) is 5.90. The van der Waals surface area contributed by atoms with Crippen molar-refractivity contribution in [1.82, 2.24) is 9.38 Å². The van der Waals surface area contributed by atoms with E-state index in [-0.39, 0.29) is 16.3 Å². The Morgan fingerprint density at radius 3 is 2.64 bits per heavy atom. The molecule has 1 N–H and O–H groups in total. The quantitative estimate of drug-likeness (QED) is 0.532. The van der Waals surface area contributed by atoms with Gasteiger partial charge >= 0.3 is 0 Å². The molecular weight excluding hydrogens is 379 g/mol. The summed E-state index contributed by atoms with van der Waals surface area (Å²) in [6, 6.07) is 6.97. The van der Waals surface area contributed by atoms with Crippen molar-refractivity contribution in [1.29, 1.82) is 0 Å². The Morgan fingerprint density at radius 2 is 1.88 bits per heavy atom. The Morgan fingerprint density at radius 1 is 1.16 bits per heavy atom. The molecule has 4 rings (SSSR count). The molecule has 0 atom stereocenters. The second kappa shape index (κ2) is 5.73. The van der Waals surface area contributed by atoms with Crippen LogP contribution in [0.3, 0.4) is 0 Å². The average Bonchev–Trinajstić information content (AvgIpc) is 3.02. The number of hydrogen-bond donors (Lipinski definition) is 1. The predicted octanol–water partition coefficient (Wildman–Crippen LogP) is 4.09. The summed E-state index contributed by atoms with van der Waals surface area (Å²) in [5, 5.41) is 10.6. The van der Waals surface area contributed by atoms with Crippen molar-refractivity contribution in [3.05, 3.63) is 65.9 Å². The Kier molecular flexibility index (Phi) is 3.76. The Hall–Kier alpha value is -2.08. The summed E-state index contributed by atoms with van der Waals surface area (Å²) in [4.78, 5) is 18.0. The number of phenols is 1. The van der Waals surface area contributed by atoms with Crippen LogP contribution >= 0.6 is 34.5 Å². The Labute approximate surface area is 156 Å². The highest BCUT2D eigenvalue weighted by Crippen LogP contribution is 2.31. The highest BCUT2D eigenvalue weighted by Gasteiger charge is 2.13. The SMILES string of the molecule is Cc1cc2nc3s/c(=C\c4cc(Cl)cc(Cl)c4O)c(=O)n3c2cc1C. The van der Waals surface area contributed by atoms with Crippen molar-refractivity contribution in [2.24, 2.45) is 0 Å². The van der Waals surface area contributed by atoms with Crippen LogP contribution in [0.5, 0.6) is 5.75 Å². The Bertz CT molecular complexity index is 1270. The largest absolute Gasteiger partial charge is 0.506 e. The van der Waals surface area contributed by atoms with Crippen LogP contribution in [-0.2, 0) is 0 Å². The lowest BCUT2D eigenvalue weighted by molar-refractivity contribution is 0.474. The summed E-state index contributed by atoms with van der Waals surface area (Å²) in [6.07, 6.45) is 1.58. The average molecular weight is 391 g/mol. The van der Waals surface area contributed by atoms with Crippen LogP contribution in [0.2, 0.25) is 10.0 Å². The minimum absolute atomic E-state index is 0.104. The first-order valence-electron chi connectivity index (χ1n) is 7.47. The summed E-state index contributed by atoms with van der Waals surface area (Å²) < 4.78 is 2.05. The van der Waals surface area contributed by atoms with E-state index in [1.807, 2.05) is 26.0 Å². The fourth-order valence-corrected chi connectivity index (χ4v) is 4.24. The molecule has 7 heteroatoms. The van der Waals surface area contributed by atoms with Crippen LogP contribution in [0, 0.1) is 13.8 Å². The molecule has 0 aliphatic carbocycles. The van der Waals surface area contributed by atoms with Gasteiger partial charge in [0.25, 0.3) is 5.56 Å². The molecule has 0 aliphatic rings. The normalized spacial score (nSPS) is 12.6. The van der Waals surface area contributed by atoms with E-state index in [1.54, 1.807) is 16.5 Å². The number of benzene rings is 2. The zero-order valence-electron chi connectivity index (χ0n) is 13.3. The number of fused-ring (bicyclic) bond motifs is 3. The van der Waals surface area contributed by atoms with Crippen LogP contribution in [-0.4, -0.2) is 14.5 Å². The van der Waals surface area contributed by atoms with Gasteiger partial charge in [-0.2, -0.15) is 0 Å². The van der Waals surface area contributed by atoms with Crippen molar-refractivity contribution in [2.75, 3.05) is 0 Å². The maximum absolute atomic E-state index is 12.8. The highest BCUT2D eigenvalue weighted by atomic mass is 35.5. The van der Waals surface area contributed by atoms with E-state index in [2.05, 4.69) is 4.98 Å². The van der Waals surface area contributed by atoms with Crippen LogP contribution < -0.4 is 10.1 Å². The first-order valence-corrected chi connectivity index (χ1v) is 9.04. The molecule has 0 spiro atoms. The highest BCUT2D eigenvalue weighted by molar-refractivity contribution is 7.15. The number of halogens is 2. The number of rotatable bonds is 1. The predicted molar refractivity (Wildman–Crippen MR) is 103 cm³/mol. The molecule has 0 bridgehead atoms. The zero-order chi connectivity index (χ0) is 17.9. The molecule has 4 aromatic rings. The summed E-state index contributed by atoms with van der Waals surface area (Å²) >= 11 is 13.2. The van der Waals surface area contributed by atoms with Crippen LogP contribution in [0.1, 0.15) is 16.7 Å². The van der Waals surface area contributed by atoms with Gasteiger partial charge in [-0.05, 0) is 55.3 Å². The van der Waals surface area contributed by atoms with Crippen molar-refractivity contribution >= 4 is 56.6 Å². The molecule has 0 saturated carbocycles. The van der Waals surface area contributed by atoms with Crippen molar-refractivity contribution in [2.45, 2.75) is 13.8 Å². The third kappa shape index (κ3) is 2.59. The third-order valence-electron chi connectivity index (χ3n) is 4.20. The zero-order valence-corrected chi connectivity index (χ0v) is 15.6. The van der Waals surface area contributed by atoms with E-state index in [1.165, 1.54) is 17.4 Å². The molecule has 2 heterocycles. The van der Waals surface area contributed by atoms with E-state index in [0.29, 0.717) is 20.1 Å². The molecule has 0 unspecified atom stereocenters. The number of aromatic nitrogens is 2. The van der Waals surface area contributed by atoms with Gasteiger partial charge in [0.1, 0.15) is 5.75 Å². The third-order valence-corrected chi connectivity index (χ3v) is 5.67. The maximum Gasteiger partial charge on any atom is 0.274 e. The summed E-state index contributed by atoms with van der Waals surface area (Å²) in [7, 11) is 0. The molecule has 2 aromatic carbocycles. The number of imidazole rings is 1. The molecule has 4 nitrogen and oxygen atoms in total.